The number of nitrogens with one attached hydrogen (secondary N) is 1. The zero-order valence-electron chi connectivity index (χ0n) is 12.0. The Morgan fingerprint density at radius 2 is 1.48 bits per heavy atom. The maximum Gasteiger partial charge on any atom is 0.242 e. The Morgan fingerprint density at radius 3 is 2.14 bits per heavy atom. The minimum absolute atomic E-state index is 0.0375. The third-order valence-electron chi connectivity index (χ3n) is 3.09. The molecule has 0 atom stereocenters. The van der Waals surface area contributed by atoms with Crippen LogP contribution in [0.5, 0.6) is 0 Å². The second kappa shape index (κ2) is 9.21. The zero-order valence-corrected chi connectivity index (χ0v) is 15.0. The van der Waals surface area contributed by atoms with Gasteiger partial charge in [0, 0.05) is 6.54 Å². The Hall–Kier alpha value is -0.000000000000000111. The maximum atomic E-state index is 12.2. The molecule has 0 spiro atoms. The van der Waals surface area contributed by atoms with E-state index < -0.39 is 10.0 Å². The molecule has 0 amide bonds. The minimum atomic E-state index is -3.65. The summed E-state index contributed by atoms with van der Waals surface area (Å²) in [6, 6.07) is 2.61. The van der Waals surface area contributed by atoms with Crippen molar-refractivity contribution in [2.24, 2.45) is 0 Å². The van der Waals surface area contributed by atoms with Crippen LogP contribution < -0.4 is 4.72 Å². The molecule has 0 aliphatic rings. The van der Waals surface area contributed by atoms with E-state index in [1.807, 2.05) is 0 Å². The van der Waals surface area contributed by atoms with Crippen LogP contribution in [0.25, 0.3) is 0 Å². The molecule has 120 valence electrons. The van der Waals surface area contributed by atoms with Crippen molar-refractivity contribution >= 4 is 44.8 Å². The van der Waals surface area contributed by atoms with Crippen molar-refractivity contribution in [3.8, 4) is 0 Å². The van der Waals surface area contributed by atoms with E-state index in [-0.39, 0.29) is 20.0 Å². The fourth-order valence-electron chi connectivity index (χ4n) is 1.90. The van der Waals surface area contributed by atoms with E-state index in [4.69, 9.17) is 34.8 Å². The smallest absolute Gasteiger partial charge is 0.211 e. The largest absolute Gasteiger partial charge is 0.242 e. The third-order valence-corrected chi connectivity index (χ3v) is 5.73. The molecule has 0 aliphatic carbocycles. The first-order valence-corrected chi connectivity index (χ1v) is 9.64. The average molecular weight is 373 g/mol. The van der Waals surface area contributed by atoms with Gasteiger partial charge in [-0.3, -0.25) is 0 Å². The molecular formula is C14H20Cl3NO2S. The maximum absolute atomic E-state index is 12.2. The molecule has 7 heteroatoms. The summed E-state index contributed by atoms with van der Waals surface area (Å²) in [5.41, 5.74) is 0. The van der Waals surface area contributed by atoms with E-state index in [0.29, 0.717) is 6.54 Å². The number of benzene rings is 1. The van der Waals surface area contributed by atoms with Gasteiger partial charge >= 0.3 is 0 Å². The fourth-order valence-corrected chi connectivity index (χ4v) is 3.97. The first-order chi connectivity index (χ1) is 9.88. The fraction of sp³-hybridized carbons (Fsp3) is 0.571. The summed E-state index contributed by atoms with van der Waals surface area (Å²) < 4.78 is 26.8. The Labute approximate surface area is 142 Å². The van der Waals surface area contributed by atoms with Gasteiger partial charge < -0.3 is 0 Å². The number of rotatable bonds is 9. The number of sulfonamides is 1. The van der Waals surface area contributed by atoms with Gasteiger partial charge in [0.2, 0.25) is 10.0 Å². The highest BCUT2D eigenvalue weighted by Crippen LogP contribution is 2.31. The summed E-state index contributed by atoms with van der Waals surface area (Å²) in [5, 5.41) is 0.470. The second-order valence-electron chi connectivity index (χ2n) is 4.86. The molecule has 1 aromatic rings. The highest BCUT2D eigenvalue weighted by atomic mass is 35.5. The molecule has 0 fully saturated rings. The first-order valence-electron chi connectivity index (χ1n) is 7.02. The van der Waals surface area contributed by atoms with Gasteiger partial charge in [-0.1, -0.05) is 73.8 Å². The molecule has 1 rings (SSSR count). The van der Waals surface area contributed by atoms with Crippen molar-refractivity contribution in [1.29, 1.82) is 0 Å². The van der Waals surface area contributed by atoms with Crippen molar-refractivity contribution in [1.82, 2.24) is 4.72 Å². The van der Waals surface area contributed by atoms with Crippen molar-refractivity contribution in [2.45, 2.75) is 50.3 Å². The lowest BCUT2D eigenvalue weighted by Gasteiger charge is -2.09. The number of unbranched alkanes of at least 4 members (excludes halogenated alkanes) is 5. The van der Waals surface area contributed by atoms with E-state index in [9.17, 15) is 8.42 Å². The van der Waals surface area contributed by atoms with E-state index in [0.717, 1.165) is 19.3 Å². The van der Waals surface area contributed by atoms with Crippen LogP contribution in [0.4, 0.5) is 0 Å². The van der Waals surface area contributed by atoms with Gasteiger partial charge in [0.15, 0.2) is 0 Å². The zero-order chi connectivity index (χ0) is 15.9. The average Bonchev–Trinajstić information content (AvgIpc) is 2.41. The highest BCUT2D eigenvalue weighted by Gasteiger charge is 2.19. The van der Waals surface area contributed by atoms with Crippen LogP contribution in [0.3, 0.4) is 0 Å². The van der Waals surface area contributed by atoms with E-state index in [2.05, 4.69) is 11.6 Å². The van der Waals surface area contributed by atoms with E-state index in [1.165, 1.54) is 31.4 Å². The predicted molar refractivity (Wildman–Crippen MR) is 90.0 cm³/mol. The topological polar surface area (TPSA) is 46.2 Å². The van der Waals surface area contributed by atoms with Gasteiger partial charge in [-0.2, -0.15) is 0 Å². The van der Waals surface area contributed by atoms with Crippen LogP contribution in [0.15, 0.2) is 17.0 Å². The second-order valence-corrected chi connectivity index (χ2v) is 7.82. The van der Waals surface area contributed by atoms with Crippen LogP contribution in [-0.2, 0) is 10.0 Å². The van der Waals surface area contributed by atoms with Crippen molar-refractivity contribution in [3.05, 3.63) is 27.2 Å². The molecule has 1 aromatic carbocycles. The summed E-state index contributed by atoms with van der Waals surface area (Å²) >= 11 is 17.6. The number of hydrogen-bond acceptors (Lipinski definition) is 2. The van der Waals surface area contributed by atoms with Gasteiger partial charge in [-0.15, -0.1) is 0 Å². The molecule has 1 N–H and O–H groups in total. The lowest BCUT2D eigenvalue weighted by molar-refractivity contribution is 0.567. The summed E-state index contributed by atoms with van der Waals surface area (Å²) in [4.78, 5) is -0.0375. The standard InChI is InChI=1S/C14H20Cl3NO2S/c1-2-3-4-5-6-7-8-18-21(19,20)14-10-12(16)11(15)9-13(14)17/h9-10,18H,2-8H2,1H3. The molecule has 0 saturated heterocycles. The van der Waals surface area contributed by atoms with Gasteiger partial charge in [-0.05, 0) is 18.6 Å². The van der Waals surface area contributed by atoms with E-state index >= 15 is 0 Å². The molecule has 0 aliphatic heterocycles. The molecule has 0 aromatic heterocycles. The van der Waals surface area contributed by atoms with E-state index in [1.54, 1.807) is 0 Å². The monoisotopic (exact) mass is 371 g/mol. The van der Waals surface area contributed by atoms with Crippen LogP contribution >= 0.6 is 34.8 Å². The lowest BCUT2D eigenvalue weighted by Crippen LogP contribution is -2.25. The quantitative estimate of drug-likeness (QED) is 0.473. The van der Waals surface area contributed by atoms with Crippen molar-refractivity contribution < 1.29 is 8.42 Å². The summed E-state index contributed by atoms with van der Waals surface area (Å²) in [5.74, 6) is 0. The van der Waals surface area contributed by atoms with Crippen LogP contribution in [-0.4, -0.2) is 15.0 Å². The van der Waals surface area contributed by atoms with Crippen LogP contribution in [0, 0.1) is 0 Å². The molecule has 0 unspecified atom stereocenters. The molecule has 0 saturated carbocycles. The summed E-state index contributed by atoms with van der Waals surface area (Å²) in [6.07, 6.45) is 6.57. The summed E-state index contributed by atoms with van der Waals surface area (Å²) in [7, 11) is -3.65. The van der Waals surface area contributed by atoms with Gasteiger partial charge in [0.1, 0.15) is 4.90 Å². The number of hydrogen-bond donors (Lipinski definition) is 1. The minimum Gasteiger partial charge on any atom is -0.211 e. The van der Waals surface area contributed by atoms with Gasteiger partial charge in [0.05, 0.1) is 15.1 Å². The number of halogens is 3. The molecular weight excluding hydrogens is 353 g/mol. The highest BCUT2D eigenvalue weighted by molar-refractivity contribution is 7.89. The van der Waals surface area contributed by atoms with Crippen LogP contribution in [0.2, 0.25) is 15.1 Å². The molecule has 0 bridgehead atoms. The Balaban J connectivity index is 2.53. The molecule has 21 heavy (non-hydrogen) atoms. The Kier molecular flexibility index (Phi) is 8.35. The van der Waals surface area contributed by atoms with Crippen LogP contribution in [0.1, 0.15) is 45.4 Å². The summed E-state index contributed by atoms with van der Waals surface area (Å²) in [6.45, 7) is 2.56. The molecule has 3 nitrogen and oxygen atoms in total. The van der Waals surface area contributed by atoms with Gasteiger partial charge in [0.25, 0.3) is 0 Å². The molecule has 0 radical (unpaired) electrons. The Bertz CT molecular complexity index is 562. The lowest BCUT2D eigenvalue weighted by atomic mass is 10.1. The van der Waals surface area contributed by atoms with Gasteiger partial charge in [-0.25, -0.2) is 13.1 Å². The van der Waals surface area contributed by atoms with Crippen molar-refractivity contribution in [3.63, 3.8) is 0 Å². The normalized spacial score (nSPS) is 11.8. The predicted octanol–water partition coefficient (Wildman–Crippen LogP) is 5.29. The molecule has 0 heterocycles. The third kappa shape index (κ3) is 6.33. The SMILES string of the molecule is CCCCCCCCNS(=O)(=O)c1cc(Cl)c(Cl)cc1Cl. The first kappa shape index (κ1) is 19.0. The van der Waals surface area contributed by atoms with Crippen molar-refractivity contribution in [2.75, 3.05) is 6.54 Å². The Morgan fingerprint density at radius 1 is 0.905 bits per heavy atom.